The van der Waals surface area contributed by atoms with Gasteiger partial charge in [0.2, 0.25) is 8.32 Å². The molecule has 0 aromatic rings. The summed E-state index contributed by atoms with van der Waals surface area (Å²) in [6, 6.07) is 0. The van der Waals surface area contributed by atoms with E-state index in [-0.39, 0.29) is 5.97 Å². The van der Waals surface area contributed by atoms with Crippen LogP contribution in [0.15, 0.2) is 11.8 Å². The highest BCUT2D eigenvalue weighted by molar-refractivity contribution is 6.70. The van der Waals surface area contributed by atoms with Gasteiger partial charge in [0, 0.05) is 19.6 Å². The summed E-state index contributed by atoms with van der Waals surface area (Å²) in [5, 5.41) is 0. The fourth-order valence-corrected chi connectivity index (χ4v) is 2.79. The zero-order chi connectivity index (χ0) is 14.7. The Morgan fingerprint density at radius 2 is 2.16 bits per heavy atom. The van der Waals surface area contributed by atoms with Crippen molar-refractivity contribution >= 4 is 14.3 Å². The van der Waals surface area contributed by atoms with Gasteiger partial charge in [-0.3, -0.25) is 0 Å². The molecule has 1 rings (SSSR count). The van der Waals surface area contributed by atoms with Crippen molar-refractivity contribution < 1.29 is 23.4 Å². The molecule has 0 bridgehead atoms. The Morgan fingerprint density at radius 3 is 2.63 bits per heavy atom. The van der Waals surface area contributed by atoms with Gasteiger partial charge in [-0.25, -0.2) is 4.79 Å². The second-order valence-corrected chi connectivity index (χ2v) is 10.1. The molecule has 0 fully saturated rings. The average molecular weight is 288 g/mol. The summed E-state index contributed by atoms with van der Waals surface area (Å²) in [5.74, 6) is 0.356. The number of carbonyl (C=O) groups is 1. The molecule has 0 saturated heterocycles. The van der Waals surface area contributed by atoms with Crippen molar-refractivity contribution in [1.29, 1.82) is 0 Å². The summed E-state index contributed by atoms with van der Waals surface area (Å²) in [6.45, 7) is 10.1. The third-order valence-electron chi connectivity index (χ3n) is 2.59. The summed E-state index contributed by atoms with van der Waals surface area (Å²) in [5.41, 5.74) is -1.06. The Balaban J connectivity index is 2.90. The molecule has 2 atom stereocenters. The summed E-state index contributed by atoms with van der Waals surface area (Å²) in [6.07, 6.45) is 1.56. The molecular weight excluding hydrogens is 264 g/mol. The van der Waals surface area contributed by atoms with Crippen LogP contribution in [0, 0.1) is 0 Å². The topological polar surface area (TPSA) is 54.0 Å². The lowest BCUT2D eigenvalue weighted by Gasteiger charge is -2.36. The molecule has 0 saturated carbocycles. The molecule has 1 aliphatic heterocycles. The van der Waals surface area contributed by atoms with Crippen LogP contribution in [0.2, 0.25) is 19.6 Å². The van der Waals surface area contributed by atoms with Gasteiger partial charge < -0.3 is 18.6 Å². The largest absolute Gasteiger partial charge is 0.547 e. The van der Waals surface area contributed by atoms with Crippen LogP contribution in [0.4, 0.5) is 0 Å². The van der Waals surface area contributed by atoms with Gasteiger partial charge in [0.15, 0.2) is 11.9 Å². The molecule has 19 heavy (non-hydrogen) atoms. The molecule has 0 aromatic carbocycles. The highest BCUT2D eigenvalue weighted by atomic mass is 28.4. The van der Waals surface area contributed by atoms with Crippen LogP contribution >= 0.6 is 0 Å². The SMILES string of the molecule is CCOC(=O)[C@]1(C)CC(O[Si](C)(C)C)=C[C@H](OC)O1. The zero-order valence-electron chi connectivity index (χ0n) is 12.6. The zero-order valence-corrected chi connectivity index (χ0v) is 13.6. The lowest BCUT2D eigenvalue weighted by atomic mass is 9.98. The van der Waals surface area contributed by atoms with Crippen molar-refractivity contribution in [3.05, 3.63) is 11.8 Å². The second-order valence-electron chi connectivity index (χ2n) is 5.70. The van der Waals surface area contributed by atoms with Crippen LogP contribution in [0.3, 0.4) is 0 Å². The lowest BCUT2D eigenvalue weighted by Crippen LogP contribution is -2.47. The third kappa shape index (κ3) is 4.63. The first-order chi connectivity index (χ1) is 8.70. The number of hydrogen-bond donors (Lipinski definition) is 0. The molecule has 6 heteroatoms. The lowest BCUT2D eigenvalue weighted by molar-refractivity contribution is -0.207. The van der Waals surface area contributed by atoms with Crippen LogP contribution in [-0.2, 0) is 23.4 Å². The Labute approximate surface area is 116 Å². The summed E-state index contributed by atoms with van der Waals surface area (Å²) < 4.78 is 21.9. The van der Waals surface area contributed by atoms with Crippen LogP contribution < -0.4 is 0 Å². The molecule has 5 nitrogen and oxygen atoms in total. The molecule has 1 heterocycles. The normalized spacial score (nSPS) is 27.7. The Hall–Kier alpha value is -0.853. The van der Waals surface area contributed by atoms with Crippen LogP contribution in [0.5, 0.6) is 0 Å². The van der Waals surface area contributed by atoms with E-state index >= 15 is 0 Å². The van der Waals surface area contributed by atoms with Crippen LogP contribution in [0.25, 0.3) is 0 Å². The number of esters is 1. The summed E-state index contributed by atoms with van der Waals surface area (Å²) >= 11 is 0. The fraction of sp³-hybridized carbons (Fsp3) is 0.769. The number of methoxy groups -OCH3 is 1. The molecule has 0 unspecified atom stereocenters. The van der Waals surface area contributed by atoms with E-state index in [4.69, 9.17) is 18.6 Å². The third-order valence-corrected chi connectivity index (χ3v) is 3.46. The number of hydrogen-bond acceptors (Lipinski definition) is 5. The Bertz CT molecular complexity index is 361. The van der Waals surface area contributed by atoms with E-state index in [9.17, 15) is 4.79 Å². The molecule has 0 amide bonds. The molecular formula is C13H24O5Si. The maximum atomic E-state index is 12.0. The van der Waals surface area contributed by atoms with Gasteiger partial charge in [-0.2, -0.15) is 0 Å². The molecule has 0 radical (unpaired) electrons. The summed E-state index contributed by atoms with van der Waals surface area (Å²) in [7, 11) is -0.202. The van der Waals surface area contributed by atoms with Gasteiger partial charge >= 0.3 is 5.97 Å². The molecule has 0 spiro atoms. The van der Waals surface area contributed by atoms with Gasteiger partial charge in [0.05, 0.1) is 12.4 Å². The van der Waals surface area contributed by atoms with E-state index in [1.165, 1.54) is 7.11 Å². The number of carbonyl (C=O) groups excluding carboxylic acids is 1. The first-order valence-corrected chi connectivity index (χ1v) is 9.88. The molecule has 1 aliphatic rings. The van der Waals surface area contributed by atoms with Crippen molar-refractivity contribution in [2.45, 2.75) is 51.8 Å². The van der Waals surface area contributed by atoms with Gasteiger partial charge in [-0.15, -0.1) is 0 Å². The number of ether oxygens (including phenoxy) is 3. The van der Waals surface area contributed by atoms with Crippen molar-refractivity contribution in [3.8, 4) is 0 Å². The van der Waals surface area contributed by atoms with Gasteiger partial charge in [0.25, 0.3) is 0 Å². The van der Waals surface area contributed by atoms with Crippen LogP contribution in [-0.4, -0.2) is 39.9 Å². The van der Waals surface area contributed by atoms with E-state index in [0.717, 1.165) is 5.76 Å². The Morgan fingerprint density at radius 1 is 1.53 bits per heavy atom. The molecule has 0 aromatic heterocycles. The van der Waals surface area contributed by atoms with E-state index in [0.29, 0.717) is 13.0 Å². The Kier molecular flexibility index (Phi) is 5.17. The van der Waals surface area contributed by atoms with E-state index in [1.807, 2.05) is 0 Å². The fourth-order valence-electron chi connectivity index (χ4n) is 1.86. The van der Waals surface area contributed by atoms with Gasteiger partial charge in [-0.05, 0) is 33.5 Å². The highest BCUT2D eigenvalue weighted by Gasteiger charge is 2.43. The monoisotopic (exact) mass is 288 g/mol. The van der Waals surface area contributed by atoms with Crippen molar-refractivity contribution in [3.63, 3.8) is 0 Å². The minimum absolute atomic E-state index is 0.323. The van der Waals surface area contributed by atoms with E-state index < -0.39 is 20.2 Å². The minimum Gasteiger partial charge on any atom is -0.547 e. The second kappa shape index (κ2) is 6.07. The van der Waals surface area contributed by atoms with Crippen molar-refractivity contribution in [2.75, 3.05) is 13.7 Å². The van der Waals surface area contributed by atoms with Crippen LogP contribution in [0.1, 0.15) is 20.3 Å². The summed E-state index contributed by atoms with van der Waals surface area (Å²) in [4.78, 5) is 12.0. The van der Waals surface area contributed by atoms with Crippen molar-refractivity contribution in [1.82, 2.24) is 0 Å². The minimum atomic E-state index is -1.73. The maximum Gasteiger partial charge on any atom is 0.338 e. The predicted octanol–water partition coefficient (Wildman–Crippen LogP) is 2.44. The average Bonchev–Trinajstić information content (AvgIpc) is 2.26. The standard InChI is InChI=1S/C13H24O5Si/c1-7-16-12(14)13(2)9-10(18-19(4,5)6)8-11(15-3)17-13/h8,11H,7,9H2,1-6H3/t11-,13+/m1/s1. The highest BCUT2D eigenvalue weighted by Crippen LogP contribution is 2.32. The quantitative estimate of drug-likeness (QED) is 0.574. The van der Waals surface area contributed by atoms with Gasteiger partial charge in [-0.1, -0.05) is 0 Å². The van der Waals surface area contributed by atoms with Crippen molar-refractivity contribution in [2.24, 2.45) is 0 Å². The number of rotatable bonds is 5. The first kappa shape index (κ1) is 16.2. The smallest absolute Gasteiger partial charge is 0.338 e. The molecule has 110 valence electrons. The predicted molar refractivity (Wildman–Crippen MR) is 74.1 cm³/mol. The van der Waals surface area contributed by atoms with Gasteiger partial charge in [0.1, 0.15) is 0 Å². The molecule has 0 aliphatic carbocycles. The first-order valence-electron chi connectivity index (χ1n) is 6.48. The van der Waals surface area contributed by atoms with E-state index in [1.54, 1.807) is 19.9 Å². The van der Waals surface area contributed by atoms with E-state index in [2.05, 4.69) is 19.6 Å². The molecule has 0 N–H and O–H groups in total. The maximum absolute atomic E-state index is 12.0.